The minimum absolute atomic E-state index is 0.0927. The van der Waals surface area contributed by atoms with Crippen LogP contribution in [0.25, 0.3) is 11.5 Å². The summed E-state index contributed by atoms with van der Waals surface area (Å²) in [5, 5.41) is 20.1. The molecule has 1 saturated heterocycles. The summed E-state index contributed by atoms with van der Waals surface area (Å²) < 4.78 is 7.52. The van der Waals surface area contributed by atoms with Crippen LogP contribution in [-0.2, 0) is 17.9 Å². The van der Waals surface area contributed by atoms with Crippen LogP contribution in [0.1, 0.15) is 30.2 Å². The lowest BCUT2D eigenvalue weighted by molar-refractivity contribution is -0.137. The molecule has 8 nitrogen and oxygen atoms in total. The fourth-order valence-corrected chi connectivity index (χ4v) is 3.61. The van der Waals surface area contributed by atoms with Crippen molar-refractivity contribution in [3.05, 3.63) is 48.1 Å². The molecular weight excluding hydrogens is 334 g/mol. The zero-order chi connectivity index (χ0) is 17.9. The zero-order valence-corrected chi connectivity index (χ0v) is 14.3. The van der Waals surface area contributed by atoms with E-state index in [1.807, 2.05) is 24.3 Å². The van der Waals surface area contributed by atoms with E-state index in [1.54, 1.807) is 17.1 Å². The van der Waals surface area contributed by atoms with Crippen LogP contribution in [0, 0.1) is 0 Å². The third kappa shape index (κ3) is 3.55. The maximum atomic E-state index is 11.0. The molecule has 0 aliphatic carbocycles. The number of rotatable bonds is 6. The average Bonchev–Trinajstić information content (AvgIpc) is 3.36. The number of aliphatic carboxylic acids is 1. The highest BCUT2D eigenvalue weighted by Crippen LogP contribution is 2.28. The molecule has 2 N–H and O–H groups in total. The Balaban J connectivity index is 1.43. The van der Waals surface area contributed by atoms with Crippen LogP contribution in [0.3, 0.4) is 0 Å². The van der Waals surface area contributed by atoms with Gasteiger partial charge in [0.1, 0.15) is 18.0 Å². The van der Waals surface area contributed by atoms with Gasteiger partial charge >= 0.3 is 5.97 Å². The van der Waals surface area contributed by atoms with Gasteiger partial charge in [0.2, 0.25) is 0 Å². The van der Waals surface area contributed by atoms with Crippen molar-refractivity contribution in [2.45, 2.75) is 31.8 Å². The van der Waals surface area contributed by atoms with E-state index in [0.717, 1.165) is 55.4 Å². The highest BCUT2D eigenvalue weighted by Gasteiger charge is 2.25. The van der Waals surface area contributed by atoms with Crippen LogP contribution in [0.15, 0.2) is 41.1 Å². The first-order valence-electron chi connectivity index (χ1n) is 8.73. The molecule has 26 heavy (non-hydrogen) atoms. The minimum Gasteiger partial charge on any atom is -0.480 e. The monoisotopic (exact) mass is 355 g/mol. The van der Waals surface area contributed by atoms with Crippen molar-refractivity contribution in [2.24, 2.45) is 0 Å². The quantitative estimate of drug-likeness (QED) is 0.704. The highest BCUT2D eigenvalue weighted by molar-refractivity contribution is 5.66. The number of hydrogen-bond acceptors (Lipinski definition) is 5. The molecule has 0 aromatic carbocycles. The van der Waals surface area contributed by atoms with E-state index < -0.39 is 5.97 Å². The minimum atomic E-state index is -0.871. The predicted octanol–water partition coefficient (Wildman–Crippen LogP) is 2.33. The number of nitrogens with one attached hydrogen (secondary N) is 1. The van der Waals surface area contributed by atoms with Crippen molar-refractivity contribution in [3.63, 3.8) is 0 Å². The molecule has 0 saturated carbocycles. The van der Waals surface area contributed by atoms with Crippen LogP contribution in [0.4, 0.5) is 0 Å². The maximum absolute atomic E-state index is 11.0. The average molecular weight is 355 g/mol. The number of nitrogens with zero attached hydrogens (tertiary/aromatic N) is 4. The van der Waals surface area contributed by atoms with Gasteiger partial charge in [-0.25, -0.2) is 0 Å². The Morgan fingerprint density at radius 3 is 3.04 bits per heavy atom. The Labute approximate surface area is 150 Å². The molecule has 3 aromatic heterocycles. The van der Waals surface area contributed by atoms with Crippen LogP contribution in [0.5, 0.6) is 0 Å². The summed E-state index contributed by atoms with van der Waals surface area (Å²) in [5.41, 5.74) is 1.86. The second-order valence-electron chi connectivity index (χ2n) is 6.62. The van der Waals surface area contributed by atoms with E-state index in [-0.39, 0.29) is 12.5 Å². The Hall–Kier alpha value is -2.87. The number of aromatic nitrogens is 4. The van der Waals surface area contributed by atoms with Gasteiger partial charge in [-0.2, -0.15) is 10.2 Å². The van der Waals surface area contributed by atoms with E-state index in [1.165, 1.54) is 0 Å². The first-order chi connectivity index (χ1) is 12.7. The molecular formula is C18H21N5O3. The number of furan rings is 1. The molecule has 0 bridgehead atoms. The fourth-order valence-electron chi connectivity index (χ4n) is 3.61. The van der Waals surface area contributed by atoms with E-state index in [0.29, 0.717) is 0 Å². The SMILES string of the molecule is O=C(O)Cn1nccc1C1CCCN(Cc2ccc(-c3ccn[nH]3)o2)C1. The van der Waals surface area contributed by atoms with Crippen molar-refractivity contribution in [2.75, 3.05) is 13.1 Å². The third-order valence-corrected chi connectivity index (χ3v) is 4.77. The lowest BCUT2D eigenvalue weighted by Crippen LogP contribution is -2.34. The Bertz CT molecular complexity index is 867. The number of carboxylic acid groups (broad SMARTS) is 1. The van der Waals surface area contributed by atoms with Gasteiger partial charge in [0.25, 0.3) is 0 Å². The molecule has 8 heteroatoms. The van der Waals surface area contributed by atoms with Crippen LogP contribution in [-0.4, -0.2) is 49.0 Å². The topological polar surface area (TPSA) is 100 Å². The first kappa shape index (κ1) is 16.6. The Kier molecular flexibility index (Phi) is 4.57. The summed E-state index contributed by atoms with van der Waals surface area (Å²) in [6.45, 7) is 2.51. The number of piperidine rings is 1. The standard InChI is InChI=1S/C18H21N5O3/c24-18(25)12-23-16(6-8-20-23)13-2-1-9-22(10-13)11-14-3-4-17(26-14)15-5-7-19-21-15/h3-8,13H,1-2,9-12H2,(H,19,21)(H,24,25). The maximum Gasteiger partial charge on any atom is 0.325 e. The van der Waals surface area contributed by atoms with E-state index >= 15 is 0 Å². The van der Waals surface area contributed by atoms with Crippen molar-refractivity contribution in [3.8, 4) is 11.5 Å². The van der Waals surface area contributed by atoms with Crippen molar-refractivity contribution >= 4 is 5.97 Å². The van der Waals surface area contributed by atoms with Crippen LogP contribution in [0.2, 0.25) is 0 Å². The molecule has 0 radical (unpaired) electrons. The number of H-pyrrole nitrogens is 1. The number of carbonyl (C=O) groups is 1. The van der Waals surface area contributed by atoms with Gasteiger partial charge in [-0.05, 0) is 43.7 Å². The lowest BCUT2D eigenvalue weighted by Gasteiger charge is -2.32. The second kappa shape index (κ2) is 7.17. The number of aromatic amines is 1. The molecule has 4 rings (SSSR count). The number of likely N-dealkylation sites (tertiary alicyclic amines) is 1. The summed E-state index contributed by atoms with van der Waals surface area (Å²) in [6, 6.07) is 7.75. The van der Waals surface area contributed by atoms with Gasteiger partial charge in [0, 0.05) is 30.6 Å². The first-order valence-corrected chi connectivity index (χ1v) is 8.73. The Morgan fingerprint density at radius 2 is 2.23 bits per heavy atom. The molecule has 1 aliphatic rings. The highest BCUT2D eigenvalue weighted by atomic mass is 16.4. The predicted molar refractivity (Wildman–Crippen MR) is 93.4 cm³/mol. The van der Waals surface area contributed by atoms with E-state index in [4.69, 9.17) is 9.52 Å². The molecule has 1 aliphatic heterocycles. The van der Waals surface area contributed by atoms with Crippen molar-refractivity contribution in [1.82, 2.24) is 24.9 Å². The molecule has 1 unspecified atom stereocenters. The van der Waals surface area contributed by atoms with Gasteiger partial charge in [0.05, 0.1) is 6.54 Å². The lowest BCUT2D eigenvalue weighted by atomic mass is 9.94. The van der Waals surface area contributed by atoms with Gasteiger partial charge in [-0.15, -0.1) is 0 Å². The van der Waals surface area contributed by atoms with E-state index in [2.05, 4.69) is 20.2 Å². The van der Waals surface area contributed by atoms with Crippen molar-refractivity contribution in [1.29, 1.82) is 0 Å². The van der Waals surface area contributed by atoms with Gasteiger partial charge in [0.15, 0.2) is 5.76 Å². The normalized spacial score (nSPS) is 18.2. The second-order valence-corrected chi connectivity index (χ2v) is 6.62. The summed E-state index contributed by atoms with van der Waals surface area (Å²) in [6.07, 6.45) is 5.49. The summed E-state index contributed by atoms with van der Waals surface area (Å²) >= 11 is 0. The molecule has 0 spiro atoms. The molecule has 0 amide bonds. The van der Waals surface area contributed by atoms with Gasteiger partial charge in [-0.3, -0.25) is 19.5 Å². The van der Waals surface area contributed by atoms with Gasteiger partial charge in [-0.1, -0.05) is 0 Å². The molecule has 136 valence electrons. The smallest absolute Gasteiger partial charge is 0.325 e. The largest absolute Gasteiger partial charge is 0.480 e. The third-order valence-electron chi connectivity index (χ3n) is 4.77. The molecule has 4 heterocycles. The summed E-state index contributed by atoms with van der Waals surface area (Å²) in [5.74, 6) is 1.11. The van der Waals surface area contributed by atoms with Crippen LogP contribution < -0.4 is 0 Å². The Morgan fingerprint density at radius 1 is 1.31 bits per heavy atom. The van der Waals surface area contributed by atoms with Crippen molar-refractivity contribution < 1.29 is 14.3 Å². The summed E-state index contributed by atoms with van der Waals surface area (Å²) in [7, 11) is 0. The van der Waals surface area contributed by atoms with Crippen LogP contribution >= 0.6 is 0 Å². The molecule has 1 atom stereocenters. The van der Waals surface area contributed by atoms with Gasteiger partial charge < -0.3 is 9.52 Å². The summed E-state index contributed by atoms with van der Waals surface area (Å²) in [4.78, 5) is 13.4. The molecule has 3 aromatic rings. The number of hydrogen-bond donors (Lipinski definition) is 2. The molecule has 1 fully saturated rings. The zero-order valence-electron chi connectivity index (χ0n) is 14.3. The number of carboxylic acids is 1. The fraction of sp³-hybridized carbons (Fsp3) is 0.389. The van der Waals surface area contributed by atoms with E-state index in [9.17, 15) is 4.79 Å².